The fourth-order valence-electron chi connectivity index (χ4n) is 3.35. The molecule has 1 aromatic heterocycles. The van der Waals surface area contributed by atoms with E-state index in [-0.39, 0.29) is 5.69 Å². The molecule has 0 bridgehead atoms. The normalized spacial score (nSPS) is 11.0. The van der Waals surface area contributed by atoms with Crippen LogP contribution in [0, 0.1) is 10.1 Å². The number of H-pyrrole nitrogens is 1. The van der Waals surface area contributed by atoms with Gasteiger partial charge >= 0.3 is 0 Å². The summed E-state index contributed by atoms with van der Waals surface area (Å²) in [6, 6.07) is 14.6. The molecule has 4 aromatic rings. The van der Waals surface area contributed by atoms with Crippen LogP contribution in [-0.2, 0) is 0 Å². The number of aromatic nitrogens is 1. The highest BCUT2D eigenvalue weighted by molar-refractivity contribution is 6.08. The lowest BCUT2D eigenvalue weighted by atomic mass is 9.96. The van der Waals surface area contributed by atoms with Crippen LogP contribution in [-0.4, -0.2) is 24.1 Å². The monoisotopic (exact) mass is 348 g/mol. The van der Waals surface area contributed by atoms with Gasteiger partial charge in [0, 0.05) is 40.4 Å². The fraction of sp³-hybridized carbons (Fsp3) is 0.100. The van der Waals surface area contributed by atoms with Gasteiger partial charge in [-0.05, 0) is 22.9 Å². The van der Waals surface area contributed by atoms with E-state index in [2.05, 4.69) is 4.98 Å². The molecule has 130 valence electrons. The van der Waals surface area contributed by atoms with Crippen LogP contribution in [0.4, 0.5) is 5.69 Å². The van der Waals surface area contributed by atoms with Crippen molar-refractivity contribution >= 4 is 27.4 Å². The van der Waals surface area contributed by atoms with Crippen LogP contribution in [0.2, 0.25) is 0 Å². The Labute approximate surface area is 149 Å². The number of fused-ring (bicyclic) bond motifs is 2. The van der Waals surface area contributed by atoms with Crippen molar-refractivity contribution in [1.82, 2.24) is 4.98 Å². The molecular weight excluding hydrogens is 332 g/mol. The van der Waals surface area contributed by atoms with E-state index in [1.54, 1.807) is 26.4 Å². The smallest absolute Gasteiger partial charge is 0.270 e. The van der Waals surface area contributed by atoms with Crippen LogP contribution in [0.25, 0.3) is 32.8 Å². The standard InChI is InChI=1S/C20H16N2O4/c1-25-18-9-12-5-3-4-6-14(12)19(20(18)26-2)16-11-21-17-8-7-13(22(23)24)10-15(16)17/h3-11,21H,1-2H3. The summed E-state index contributed by atoms with van der Waals surface area (Å²) in [5.74, 6) is 1.21. The fourth-order valence-corrected chi connectivity index (χ4v) is 3.35. The van der Waals surface area contributed by atoms with E-state index in [9.17, 15) is 10.1 Å². The van der Waals surface area contributed by atoms with Crippen molar-refractivity contribution in [3.05, 3.63) is 64.8 Å². The molecule has 6 heteroatoms. The van der Waals surface area contributed by atoms with Gasteiger partial charge in [-0.2, -0.15) is 0 Å². The quantitative estimate of drug-likeness (QED) is 0.420. The summed E-state index contributed by atoms with van der Waals surface area (Å²) >= 11 is 0. The minimum atomic E-state index is -0.392. The highest BCUT2D eigenvalue weighted by Crippen LogP contribution is 2.46. The van der Waals surface area contributed by atoms with Gasteiger partial charge in [-0.15, -0.1) is 0 Å². The molecule has 0 aliphatic rings. The predicted octanol–water partition coefficient (Wildman–Crippen LogP) is 4.91. The van der Waals surface area contributed by atoms with Gasteiger partial charge < -0.3 is 14.5 Å². The van der Waals surface area contributed by atoms with Gasteiger partial charge in [0.1, 0.15) is 0 Å². The van der Waals surface area contributed by atoms with Crippen LogP contribution in [0.3, 0.4) is 0 Å². The van der Waals surface area contributed by atoms with Gasteiger partial charge in [-0.3, -0.25) is 10.1 Å². The van der Waals surface area contributed by atoms with E-state index in [4.69, 9.17) is 9.47 Å². The Morgan fingerprint density at radius 2 is 1.81 bits per heavy atom. The van der Waals surface area contributed by atoms with Crippen molar-refractivity contribution in [2.24, 2.45) is 0 Å². The molecule has 0 aliphatic heterocycles. The Hall–Kier alpha value is -3.54. The molecule has 0 unspecified atom stereocenters. The highest BCUT2D eigenvalue weighted by Gasteiger charge is 2.20. The molecule has 0 saturated carbocycles. The molecule has 0 fully saturated rings. The summed E-state index contributed by atoms with van der Waals surface area (Å²) in [7, 11) is 3.18. The van der Waals surface area contributed by atoms with Crippen molar-refractivity contribution in [3.8, 4) is 22.6 Å². The Morgan fingerprint density at radius 1 is 1.00 bits per heavy atom. The molecule has 0 spiro atoms. The zero-order valence-electron chi connectivity index (χ0n) is 14.3. The molecule has 26 heavy (non-hydrogen) atoms. The Balaban J connectivity index is 2.13. The Bertz CT molecular complexity index is 1150. The van der Waals surface area contributed by atoms with Gasteiger partial charge in [-0.25, -0.2) is 0 Å². The van der Waals surface area contributed by atoms with Crippen molar-refractivity contribution in [2.45, 2.75) is 0 Å². The van der Waals surface area contributed by atoms with Crippen LogP contribution in [0.5, 0.6) is 11.5 Å². The van der Waals surface area contributed by atoms with Crippen molar-refractivity contribution in [1.29, 1.82) is 0 Å². The molecule has 0 saturated heterocycles. The zero-order valence-corrected chi connectivity index (χ0v) is 14.3. The largest absolute Gasteiger partial charge is 0.493 e. The van der Waals surface area contributed by atoms with E-state index in [0.717, 1.165) is 32.8 Å². The molecule has 3 aromatic carbocycles. The number of rotatable bonds is 4. The molecule has 1 heterocycles. The van der Waals surface area contributed by atoms with E-state index >= 15 is 0 Å². The lowest BCUT2D eigenvalue weighted by Crippen LogP contribution is -1.95. The van der Waals surface area contributed by atoms with Gasteiger partial charge in [0.2, 0.25) is 0 Å². The number of nitro groups is 1. The lowest BCUT2D eigenvalue weighted by Gasteiger charge is -2.15. The maximum Gasteiger partial charge on any atom is 0.270 e. The molecule has 0 atom stereocenters. The predicted molar refractivity (Wildman–Crippen MR) is 101 cm³/mol. The SMILES string of the molecule is COc1cc2ccccc2c(-c2c[nH]c3ccc([N+](=O)[O-])cc23)c1OC. The number of nitrogens with one attached hydrogen (secondary N) is 1. The van der Waals surface area contributed by atoms with Gasteiger partial charge in [0.05, 0.1) is 19.1 Å². The summed E-state index contributed by atoms with van der Waals surface area (Å²) < 4.78 is 11.2. The number of methoxy groups -OCH3 is 2. The van der Waals surface area contributed by atoms with Crippen LogP contribution >= 0.6 is 0 Å². The number of non-ortho nitro benzene ring substituents is 1. The van der Waals surface area contributed by atoms with Crippen LogP contribution < -0.4 is 9.47 Å². The van der Waals surface area contributed by atoms with Gasteiger partial charge in [-0.1, -0.05) is 24.3 Å². The van der Waals surface area contributed by atoms with Gasteiger partial charge in [0.25, 0.3) is 5.69 Å². The second-order valence-corrected chi connectivity index (χ2v) is 5.90. The summed E-state index contributed by atoms with van der Waals surface area (Å²) in [6.07, 6.45) is 1.85. The third-order valence-corrected chi connectivity index (χ3v) is 4.54. The van der Waals surface area contributed by atoms with E-state index in [1.807, 2.05) is 36.5 Å². The third-order valence-electron chi connectivity index (χ3n) is 4.54. The molecule has 6 nitrogen and oxygen atoms in total. The first-order valence-corrected chi connectivity index (χ1v) is 8.03. The van der Waals surface area contributed by atoms with Crippen LogP contribution in [0.1, 0.15) is 0 Å². The van der Waals surface area contributed by atoms with Crippen molar-refractivity contribution in [3.63, 3.8) is 0 Å². The zero-order chi connectivity index (χ0) is 18.3. The maximum atomic E-state index is 11.2. The molecule has 0 radical (unpaired) electrons. The molecular formula is C20H16N2O4. The summed E-state index contributed by atoms with van der Waals surface area (Å²) in [5, 5.41) is 13.9. The van der Waals surface area contributed by atoms with Crippen molar-refractivity contribution in [2.75, 3.05) is 14.2 Å². The average molecular weight is 348 g/mol. The minimum absolute atomic E-state index is 0.0459. The number of aromatic amines is 1. The Kier molecular flexibility index (Phi) is 3.73. The molecule has 4 rings (SSSR count). The second-order valence-electron chi connectivity index (χ2n) is 5.90. The van der Waals surface area contributed by atoms with Crippen LogP contribution in [0.15, 0.2) is 54.7 Å². The number of benzene rings is 3. The number of nitro benzene ring substituents is 1. The second kappa shape index (κ2) is 6.07. The number of ether oxygens (including phenoxy) is 2. The topological polar surface area (TPSA) is 77.4 Å². The lowest BCUT2D eigenvalue weighted by molar-refractivity contribution is -0.384. The molecule has 1 N–H and O–H groups in total. The maximum absolute atomic E-state index is 11.2. The van der Waals surface area contributed by atoms with E-state index in [1.165, 1.54) is 6.07 Å². The first-order chi connectivity index (χ1) is 12.6. The van der Waals surface area contributed by atoms with E-state index < -0.39 is 4.92 Å². The first kappa shape index (κ1) is 16.0. The minimum Gasteiger partial charge on any atom is -0.493 e. The highest BCUT2D eigenvalue weighted by atomic mass is 16.6. The first-order valence-electron chi connectivity index (χ1n) is 8.03. The summed E-state index contributed by atoms with van der Waals surface area (Å²) in [4.78, 5) is 14.0. The van der Waals surface area contributed by atoms with Gasteiger partial charge in [0.15, 0.2) is 11.5 Å². The number of nitrogens with zero attached hydrogens (tertiary/aromatic N) is 1. The molecule has 0 amide bonds. The third kappa shape index (κ3) is 2.35. The number of hydrogen-bond donors (Lipinski definition) is 1. The van der Waals surface area contributed by atoms with E-state index in [0.29, 0.717) is 11.5 Å². The average Bonchev–Trinajstić information content (AvgIpc) is 3.09. The Morgan fingerprint density at radius 3 is 2.54 bits per heavy atom. The van der Waals surface area contributed by atoms with Crippen molar-refractivity contribution < 1.29 is 14.4 Å². The summed E-state index contributed by atoms with van der Waals surface area (Å²) in [6.45, 7) is 0. The summed E-state index contributed by atoms with van der Waals surface area (Å²) in [5.41, 5.74) is 2.54. The number of hydrogen-bond acceptors (Lipinski definition) is 4. The molecule has 0 aliphatic carbocycles.